The quantitative estimate of drug-likeness (QED) is 0.572. The molecule has 27 heavy (non-hydrogen) atoms. The summed E-state index contributed by atoms with van der Waals surface area (Å²) in [6.45, 7) is -0.0868. The Morgan fingerprint density at radius 1 is 1.15 bits per heavy atom. The van der Waals surface area contributed by atoms with E-state index in [-0.39, 0.29) is 18.1 Å². The maximum Gasteiger partial charge on any atom is 0.291 e. The van der Waals surface area contributed by atoms with Gasteiger partial charge < -0.3 is 10.1 Å². The van der Waals surface area contributed by atoms with Crippen LogP contribution in [0.2, 0.25) is 0 Å². The smallest absolute Gasteiger partial charge is 0.291 e. The van der Waals surface area contributed by atoms with Crippen molar-refractivity contribution < 1.29 is 9.53 Å². The van der Waals surface area contributed by atoms with E-state index < -0.39 is 0 Å². The van der Waals surface area contributed by atoms with Gasteiger partial charge in [0.1, 0.15) is 12.1 Å². The van der Waals surface area contributed by atoms with E-state index >= 15 is 0 Å². The van der Waals surface area contributed by atoms with E-state index in [1.807, 2.05) is 42.5 Å². The van der Waals surface area contributed by atoms with Crippen molar-refractivity contribution in [3.63, 3.8) is 0 Å². The van der Waals surface area contributed by atoms with Crippen LogP contribution in [-0.2, 0) is 4.79 Å². The summed E-state index contributed by atoms with van der Waals surface area (Å²) >= 11 is 1.28. The highest BCUT2D eigenvalue weighted by atomic mass is 32.1. The first-order valence-electron chi connectivity index (χ1n) is 8.11. The molecule has 0 radical (unpaired) electrons. The fourth-order valence-corrected chi connectivity index (χ4v) is 3.34. The van der Waals surface area contributed by atoms with Crippen LogP contribution in [0.3, 0.4) is 0 Å². The van der Waals surface area contributed by atoms with Crippen molar-refractivity contribution in [1.82, 2.24) is 14.6 Å². The average Bonchev–Trinajstić information content (AvgIpc) is 3.25. The number of fused-ring (bicyclic) bond motifs is 1. The monoisotopic (exact) mass is 378 g/mol. The number of nitrogens with one attached hydrogen (secondary N) is 1. The van der Waals surface area contributed by atoms with Gasteiger partial charge in [0.15, 0.2) is 6.61 Å². The Hall–Kier alpha value is -3.52. The number of carbonyl (C=O) groups excluding carboxylic acids is 1. The second-order valence-electron chi connectivity index (χ2n) is 5.64. The summed E-state index contributed by atoms with van der Waals surface area (Å²) in [5.41, 5.74) is 1.38. The van der Waals surface area contributed by atoms with E-state index in [4.69, 9.17) is 4.74 Å². The van der Waals surface area contributed by atoms with Crippen molar-refractivity contribution in [3.05, 3.63) is 81.4 Å². The Kier molecular flexibility index (Phi) is 4.63. The summed E-state index contributed by atoms with van der Waals surface area (Å²) in [5, 5.41) is 6.65. The number of thiazole rings is 1. The number of hydrogen-bond donors (Lipinski definition) is 1. The van der Waals surface area contributed by atoms with Crippen molar-refractivity contribution in [2.45, 2.75) is 0 Å². The molecular weight excluding hydrogens is 364 g/mol. The maximum atomic E-state index is 12.2. The van der Waals surface area contributed by atoms with Crippen LogP contribution < -0.4 is 20.1 Å². The zero-order chi connectivity index (χ0) is 18.6. The number of hydrogen-bond acceptors (Lipinski definition) is 6. The zero-order valence-corrected chi connectivity index (χ0v) is 14.8. The van der Waals surface area contributed by atoms with E-state index in [0.717, 1.165) is 11.3 Å². The summed E-state index contributed by atoms with van der Waals surface area (Å²) in [5.74, 6) is 0.336. The van der Waals surface area contributed by atoms with Gasteiger partial charge in [0, 0.05) is 5.69 Å². The molecule has 0 aliphatic heterocycles. The third kappa shape index (κ3) is 3.85. The molecule has 0 spiro atoms. The van der Waals surface area contributed by atoms with Crippen molar-refractivity contribution in [3.8, 4) is 5.75 Å². The minimum absolute atomic E-state index is 0.0868. The molecule has 0 saturated carbocycles. The molecular formula is C19H14N4O3S. The highest BCUT2D eigenvalue weighted by Gasteiger charge is 2.06. The van der Waals surface area contributed by atoms with E-state index in [1.165, 1.54) is 22.2 Å². The number of anilines is 1. The van der Waals surface area contributed by atoms with E-state index in [1.54, 1.807) is 18.2 Å². The lowest BCUT2D eigenvalue weighted by Gasteiger charge is -2.07. The third-order valence-corrected chi connectivity index (χ3v) is 4.70. The molecule has 0 saturated heterocycles. The first-order chi connectivity index (χ1) is 13.2. The predicted molar refractivity (Wildman–Crippen MR) is 103 cm³/mol. The Labute approximate surface area is 157 Å². The van der Waals surface area contributed by atoms with Crippen LogP contribution in [0, 0.1) is 0 Å². The van der Waals surface area contributed by atoms with Crippen molar-refractivity contribution in [2.75, 3.05) is 11.9 Å². The van der Waals surface area contributed by atoms with E-state index in [0.29, 0.717) is 15.2 Å². The molecule has 0 fully saturated rings. The minimum Gasteiger partial charge on any atom is -0.484 e. The van der Waals surface area contributed by atoms with Crippen LogP contribution in [0.1, 0.15) is 5.56 Å². The topological polar surface area (TPSA) is 85.6 Å². The molecule has 0 unspecified atom stereocenters. The highest BCUT2D eigenvalue weighted by Crippen LogP contribution is 2.13. The van der Waals surface area contributed by atoms with Gasteiger partial charge in [-0.1, -0.05) is 41.7 Å². The average molecular weight is 378 g/mol. The highest BCUT2D eigenvalue weighted by molar-refractivity contribution is 7.15. The standard InChI is InChI=1S/C19H14N4O3S/c24-17(22-14-4-2-1-3-5-14)11-26-15-8-6-13(7-9-15)10-16-18(25)23-19(27-16)20-12-21-23/h1-10,12H,11H2,(H,22,24)/b16-10-. The van der Waals surface area contributed by atoms with Gasteiger partial charge in [0.25, 0.3) is 11.5 Å². The SMILES string of the molecule is O=C(COc1ccc(/C=c2\sc3ncnn3c2=O)cc1)Nc1ccccc1. The van der Waals surface area contributed by atoms with Crippen LogP contribution in [0.15, 0.2) is 65.7 Å². The number of carbonyl (C=O) groups is 1. The fourth-order valence-electron chi connectivity index (χ4n) is 2.46. The van der Waals surface area contributed by atoms with Gasteiger partial charge in [-0.05, 0) is 35.9 Å². The summed E-state index contributed by atoms with van der Waals surface area (Å²) in [7, 11) is 0. The van der Waals surface area contributed by atoms with Gasteiger partial charge in [0.2, 0.25) is 4.96 Å². The first kappa shape index (κ1) is 16.9. The number of rotatable bonds is 5. The number of para-hydroxylation sites is 1. The minimum atomic E-state index is -0.234. The van der Waals surface area contributed by atoms with Gasteiger partial charge in [-0.3, -0.25) is 9.59 Å². The molecule has 1 amide bonds. The second kappa shape index (κ2) is 7.38. The van der Waals surface area contributed by atoms with Crippen molar-refractivity contribution in [1.29, 1.82) is 0 Å². The molecule has 2 aromatic carbocycles. The number of amides is 1. The molecule has 0 aliphatic carbocycles. The first-order valence-corrected chi connectivity index (χ1v) is 8.93. The largest absolute Gasteiger partial charge is 0.484 e. The normalized spacial score (nSPS) is 11.6. The molecule has 0 bridgehead atoms. The van der Waals surface area contributed by atoms with Crippen LogP contribution in [0.25, 0.3) is 11.0 Å². The second-order valence-corrected chi connectivity index (χ2v) is 6.65. The zero-order valence-electron chi connectivity index (χ0n) is 14.0. The summed E-state index contributed by atoms with van der Waals surface area (Å²) in [6.07, 6.45) is 3.13. The van der Waals surface area contributed by atoms with Crippen LogP contribution in [0.5, 0.6) is 5.75 Å². The van der Waals surface area contributed by atoms with E-state index in [2.05, 4.69) is 15.4 Å². The van der Waals surface area contributed by atoms with Gasteiger partial charge >= 0.3 is 0 Å². The predicted octanol–water partition coefficient (Wildman–Crippen LogP) is 1.72. The van der Waals surface area contributed by atoms with Crippen molar-refractivity contribution in [2.24, 2.45) is 0 Å². The fraction of sp³-hybridized carbons (Fsp3) is 0.0526. The Bertz CT molecular complexity index is 1180. The van der Waals surface area contributed by atoms with Crippen molar-refractivity contribution >= 4 is 34.0 Å². The molecule has 0 atom stereocenters. The summed E-state index contributed by atoms with van der Waals surface area (Å²) in [4.78, 5) is 28.6. The van der Waals surface area contributed by atoms with Gasteiger partial charge in [-0.25, -0.2) is 4.98 Å². The van der Waals surface area contributed by atoms with Gasteiger partial charge in [0.05, 0.1) is 4.53 Å². The molecule has 4 aromatic rings. The molecule has 134 valence electrons. The Balaban J connectivity index is 1.41. The van der Waals surface area contributed by atoms with Gasteiger partial charge in [-0.2, -0.15) is 9.61 Å². The molecule has 1 N–H and O–H groups in total. The lowest BCUT2D eigenvalue weighted by atomic mass is 10.2. The summed E-state index contributed by atoms with van der Waals surface area (Å²) in [6, 6.07) is 16.3. The molecule has 2 heterocycles. The van der Waals surface area contributed by atoms with Crippen LogP contribution in [-0.4, -0.2) is 27.1 Å². The maximum absolute atomic E-state index is 12.2. The molecule has 7 nitrogen and oxygen atoms in total. The number of aromatic nitrogens is 3. The lowest BCUT2D eigenvalue weighted by Crippen LogP contribution is -2.23. The Morgan fingerprint density at radius 2 is 1.93 bits per heavy atom. The van der Waals surface area contributed by atoms with Crippen LogP contribution in [0.4, 0.5) is 5.69 Å². The van der Waals surface area contributed by atoms with Crippen LogP contribution >= 0.6 is 11.3 Å². The number of nitrogens with zero attached hydrogens (tertiary/aromatic N) is 3. The number of ether oxygens (including phenoxy) is 1. The Morgan fingerprint density at radius 3 is 2.67 bits per heavy atom. The molecule has 8 heteroatoms. The summed E-state index contributed by atoms with van der Waals surface area (Å²) < 4.78 is 7.33. The molecule has 0 aliphatic rings. The van der Waals surface area contributed by atoms with E-state index in [9.17, 15) is 9.59 Å². The lowest BCUT2D eigenvalue weighted by molar-refractivity contribution is -0.118. The number of benzene rings is 2. The third-order valence-electron chi connectivity index (χ3n) is 3.73. The molecule has 4 rings (SSSR count). The molecule has 2 aromatic heterocycles. The van der Waals surface area contributed by atoms with Gasteiger partial charge in [-0.15, -0.1) is 0 Å².